The number of para-hydroxylation sites is 2. The van der Waals surface area contributed by atoms with Crippen LogP contribution >= 0.6 is 0 Å². The van der Waals surface area contributed by atoms with Gasteiger partial charge in [-0.15, -0.1) is 0 Å². The molecular formula is C58H39N. The van der Waals surface area contributed by atoms with Gasteiger partial charge in [0.15, 0.2) is 0 Å². The van der Waals surface area contributed by atoms with Crippen molar-refractivity contribution in [2.45, 2.75) is 0 Å². The van der Waals surface area contributed by atoms with Crippen LogP contribution in [0.2, 0.25) is 0 Å². The van der Waals surface area contributed by atoms with E-state index in [4.69, 9.17) is 0 Å². The lowest BCUT2D eigenvalue weighted by molar-refractivity contribution is 1.30. The number of nitrogens with zero attached hydrogens (tertiary/aromatic N) is 1. The van der Waals surface area contributed by atoms with Gasteiger partial charge in [0, 0.05) is 16.8 Å². The Kier molecular flexibility index (Phi) is 8.56. The summed E-state index contributed by atoms with van der Waals surface area (Å²) in [7, 11) is 0. The largest absolute Gasteiger partial charge is 0.310 e. The average molecular weight is 750 g/mol. The summed E-state index contributed by atoms with van der Waals surface area (Å²) in [5.41, 5.74) is 13.1. The number of anilines is 3. The molecule has 0 radical (unpaired) electrons. The fourth-order valence-electron chi connectivity index (χ4n) is 9.23. The van der Waals surface area contributed by atoms with Crippen molar-refractivity contribution in [3.8, 4) is 44.5 Å². The molecule has 1 heteroatoms. The normalized spacial score (nSPS) is 11.4. The van der Waals surface area contributed by atoms with Gasteiger partial charge in [0.25, 0.3) is 0 Å². The van der Waals surface area contributed by atoms with Gasteiger partial charge in [-0.2, -0.15) is 0 Å². The van der Waals surface area contributed by atoms with E-state index in [9.17, 15) is 0 Å². The Morgan fingerprint density at radius 1 is 0.237 bits per heavy atom. The number of hydrogen-bond donors (Lipinski definition) is 0. The van der Waals surface area contributed by atoms with Crippen LogP contribution in [0, 0.1) is 0 Å². The van der Waals surface area contributed by atoms with Crippen LogP contribution in [0.4, 0.5) is 17.1 Å². The van der Waals surface area contributed by atoms with Gasteiger partial charge in [0.2, 0.25) is 0 Å². The van der Waals surface area contributed by atoms with Gasteiger partial charge in [0.05, 0.1) is 5.69 Å². The van der Waals surface area contributed by atoms with Gasteiger partial charge in [-0.05, 0) is 125 Å². The zero-order chi connectivity index (χ0) is 39.1. The summed E-state index contributed by atoms with van der Waals surface area (Å²) < 4.78 is 0. The first-order chi connectivity index (χ1) is 29.3. The summed E-state index contributed by atoms with van der Waals surface area (Å²) in [6.45, 7) is 0. The quantitative estimate of drug-likeness (QED) is 0.147. The molecule has 0 fully saturated rings. The highest BCUT2D eigenvalue weighted by molar-refractivity contribution is 6.33. The molecule has 0 aromatic heterocycles. The van der Waals surface area contributed by atoms with E-state index in [0.29, 0.717) is 0 Å². The molecule has 0 amide bonds. The molecule has 11 rings (SSSR count). The van der Waals surface area contributed by atoms with E-state index in [1.165, 1.54) is 87.6 Å². The Bertz CT molecular complexity index is 3250. The summed E-state index contributed by atoms with van der Waals surface area (Å²) in [5.74, 6) is 0. The smallest absolute Gasteiger partial charge is 0.0540 e. The lowest BCUT2D eigenvalue weighted by atomic mass is 9.81. The molecule has 0 heterocycles. The minimum Gasteiger partial charge on any atom is -0.310 e. The highest BCUT2D eigenvalue weighted by Crippen LogP contribution is 2.50. The number of benzene rings is 11. The molecule has 0 aliphatic heterocycles. The highest BCUT2D eigenvalue weighted by atomic mass is 15.1. The third-order valence-corrected chi connectivity index (χ3v) is 11.8. The van der Waals surface area contributed by atoms with Gasteiger partial charge >= 0.3 is 0 Å². The first-order valence-corrected chi connectivity index (χ1v) is 20.4. The second-order valence-electron chi connectivity index (χ2n) is 15.2. The molecule has 59 heavy (non-hydrogen) atoms. The molecule has 11 aromatic carbocycles. The standard InChI is InChI=1S/C58H39N/c1-6-20-40(21-7-1)52-39-53(41-22-8-2-9-23-41)57-50-33-19-17-31-48(50)54-38-43(34-35-51(54)58(57)56(52)42-24-10-3-11-25-42)46-36-37-55(49-32-18-16-30-47(46)49)59(44-26-12-4-13-27-44)45-28-14-5-15-29-45/h1-39H. The molecule has 0 unspecified atom stereocenters. The van der Waals surface area contributed by atoms with Crippen molar-refractivity contribution in [2.75, 3.05) is 4.90 Å². The van der Waals surface area contributed by atoms with Crippen LogP contribution in [-0.2, 0) is 0 Å². The predicted molar refractivity (Wildman–Crippen MR) is 253 cm³/mol. The monoisotopic (exact) mass is 749 g/mol. The Labute approximate surface area is 344 Å². The molecular weight excluding hydrogens is 711 g/mol. The van der Waals surface area contributed by atoms with Gasteiger partial charge in [-0.3, -0.25) is 0 Å². The van der Waals surface area contributed by atoms with Crippen molar-refractivity contribution in [1.29, 1.82) is 0 Å². The number of hydrogen-bond acceptors (Lipinski definition) is 1. The summed E-state index contributed by atoms with van der Waals surface area (Å²) in [6.07, 6.45) is 0. The molecule has 0 bridgehead atoms. The number of rotatable bonds is 7. The molecule has 0 aliphatic rings. The Hall–Kier alpha value is -7.74. The Balaban J connectivity index is 1.22. The fourth-order valence-corrected chi connectivity index (χ4v) is 9.23. The maximum Gasteiger partial charge on any atom is 0.0540 e. The zero-order valence-corrected chi connectivity index (χ0v) is 32.5. The van der Waals surface area contributed by atoms with Crippen molar-refractivity contribution >= 4 is 60.2 Å². The first kappa shape index (κ1) is 34.5. The number of fused-ring (bicyclic) bond motifs is 7. The molecule has 276 valence electrons. The first-order valence-electron chi connectivity index (χ1n) is 20.4. The second kappa shape index (κ2) is 14.6. The molecule has 0 saturated carbocycles. The third-order valence-electron chi connectivity index (χ3n) is 11.8. The zero-order valence-electron chi connectivity index (χ0n) is 32.5. The van der Waals surface area contributed by atoms with Crippen molar-refractivity contribution in [1.82, 2.24) is 0 Å². The van der Waals surface area contributed by atoms with Crippen LogP contribution in [0.25, 0.3) is 87.6 Å². The molecule has 1 nitrogen and oxygen atoms in total. The molecule has 11 aromatic rings. The second-order valence-corrected chi connectivity index (χ2v) is 15.2. The summed E-state index contributed by atoms with van der Waals surface area (Å²) >= 11 is 0. The molecule has 0 N–H and O–H groups in total. The van der Waals surface area contributed by atoms with Crippen LogP contribution in [0.3, 0.4) is 0 Å². The van der Waals surface area contributed by atoms with Crippen LogP contribution < -0.4 is 4.90 Å². The van der Waals surface area contributed by atoms with E-state index in [1.807, 2.05) is 0 Å². The molecule has 0 aliphatic carbocycles. The van der Waals surface area contributed by atoms with Crippen molar-refractivity contribution in [3.05, 3.63) is 237 Å². The summed E-state index contributed by atoms with van der Waals surface area (Å²) in [4.78, 5) is 2.37. The maximum absolute atomic E-state index is 2.44. The topological polar surface area (TPSA) is 3.24 Å². The van der Waals surface area contributed by atoms with Gasteiger partial charge in [0.1, 0.15) is 0 Å². The molecule has 0 spiro atoms. The summed E-state index contributed by atoms with van der Waals surface area (Å²) in [5, 5.41) is 9.97. The van der Waals surface area contributed by atoms with Gasteiger partial charge < -0.3 is 4.90 Å². The average Bonchev–Trinajstić information content (AvgIpc) is 3.32. The van der Waals surface area contributed by atoms with Crippen LogP contribution in [0.15, 0.2) is 237 Å². The Morgan fingerprint density at radius 3 is 1.32 bits per heavy atom. The predicted octanol–water partition coefficient (Wildman–Crippen LogP) is 16.4. The third kappa shape index (κ3) is 5.95. The van der Waals surface area contributed by atoms with E-state index < -0.39 is 0 Å². The van der Waals surface area contributed by atoms with E-state index in [0.717, 1.165) is 17.1 Å². The van der Waals surface area contributed by atoms with E-state index in [1.54, 1.807) is 0 Å². The molecule has 0 saturated heterocycles. The van der Waals surface area contributed by atoms with E-state index in [-0.39, 0.29) is 0 Å². The van der Waals surface area contributed by atoms with Gasteiger partial charge in [-0.25, -0.2) is 0 Å². The SMILES string of the molecule is c1ccc(-c2cc(-c3ccccc3)c3c4ccccc4c4cc(-c5ccc(N(c6ccccc6)c6ccccc6)c6ccccc56)ccc4c3c2-c2ccccc2)cc1. The van der Waals surface area contributed by atoms with Crippen LogP contribution in [0.1, 0.15) is 0 Å². The van der Waals surface area contributed by atoms with E-state index >= 15 is 0 Å². The Morgan fingerprint density at radius 2 is 0.712 bits per heavy atom. The maximum atomic E-state index is 2.44. The lowest BCUT2D eigenvalue weighted by Gasteiger charge is -2.27. The van der Waals surface area contributed by atoms with E-state index in [2.05, 4.69) is 241 Å². The lowest BCUT2D eigenvalue weighted by Crippen LogP contribution is -2.10. The van der Waals surface area contributed by atoms with Crippen LogP contribution in [-0.4, -0.2) is 0 Å². The highest BCUT2D eigenvalue weighted by Gasteiger charge is 2.23. The van der Waals surface area contributed by atoms with Crippen LogP contribution in [0.5, 0.6) is 0 Å². The van der Waals surface area contributed by atoms with Crippen molar-refractivity contribution in [2.24, 2.45) is 0 Å². The van der Waals surface area contributed by atoms with Crippen molar-refractivity contribution in [3.63, 3.8) is 0 Å². The minimum atomic E-state index is 1.12. The minimum absolute atomic E-state index is 1.12. The summed E-state index contributed by atoms with van der Waals surface area (Å²) in [6, 6.07) is 86.2. The van der Waals surface area contributed by atoms with Crippen molar-refractivity contribution < 1.29 is 0 Å². The molecule has 0 atom stereocenters. The fraction of sp³-hybridized carbons (Fsp3) is 0. The van der Waals surface area contributed by atoms with Gasteiger partial charge in [-0.1, -0.05) is 194 Å².